The second kappa shape index (κ2) is 3.26. The minimum Gasteiger partial charge on any atom is -0.374 e. The molecular formula is C12H16N2O. The molecule has 0 aliphatic carbocycles. The normalized spacial score (nSPS) is 14.3. The Balaban J connectivity index is 2.70. The maximum absolute atomic E-state index is 11.3. The van der Waals surface area contributed by atoms with Crippen LogP contribution in [0.3, 0.4) is 0 Å². The molecule has 0 atom stereocenters. The average molecular weight is 204 g/mol. The Hall–Kier alpha value is -1.51. The zero-order valence-corrected chi connectivity index (χ0v) is 9.62. The van der Waals surface area contributed by atoms with Gasteiger partial charge < -0.3 is 10.6 Å². The van der Waals surface area contributed by atoms with Gasteiger partial charge in [-0.25, -0.2) is 0 Å². The van der Waals surface area contributed by atoms with E-state index in [1.165, 1.54) is 16.7 Å². The van der Waals surface area contributed by atoms with E-state index in [1.807, 2.05) is 6.92 Å². The highest BCUT2D eigenvalue weighted by molar-refractivity contribution is 6.02. The average Bonchev–Trinajstić information content (AvgIpc) is 2.23. The molecule has 3 nitrogen and oxygen atoms in total. The van der Waals surface area contributed by atoms with Gasteiger partial charge in [0.25, 0.3) is 0 Å². The van der Waals surface area contributed by atoms with Gasteiger partial charge in [-0.05, 0) is 49.9 Å². The van der Waals surface area contributed by atoms with Crippen molar-refractivity contribution in [3.8, 4) is 0 Å². The minimum atomic E-state index is 0.0354. The molecule has 0 spiro atoms. The standard InChI is InChI=1S/C12H16N2O/c1-6-7(2)9(4)12-11(8(6)3)13-5-10(15)14-12/h13H,5H2,1-4H3,(H,14,15). The molecule has 2 N–H and O–H groups in total. The van der Waals surface area contributed by atoms with Gasteiger partial charge in [-0.15, -0.1) is 0 Å². The number of fused-ring (bicyclic) bond motifs is 1. The zero-order valence-electron chi connectivity index (χ0n) is 9.62. The molecule has 0 saturated heterocycles. The minimum absolute atomic E-state index is 0.0354. The molecule has 1 amide bonds. The van der Waals surface area contributed by atoms with Crippen LogP contribution in [-0.2, 0) is 4.79 Å². The first-order chi connectivity index (χ1) is 7.02. The van der Waals surface area contributed by atoms with Crippen molar-refractivity contribution in [1.82, 2.24) is 0 Å². The third-order valence-electron chi connectivity index (χ3n) is 3.38. The molecule has 1 aromatic carbocycles. The van der Waals surface area contributed by atoms with Crippen LogP contribution in [0.25, 0.3) is 0 Å². The second-order valence-corrected chi connectivity index (χ2v) is 4.15. The number of carbonyl (C=O) groups is 1. The molecule has 0 fully saturated rings. The molecule has 1 heterocycles. The van der Waals surface area contributed by atoms with Crippen LogP contribution in [0, 0.1) is 27.7 Å². The number of nitrogens with one attached hydrogen (secondary N) is 2. The van der Waals surface area contributed by atoms with Crippen LogP contribution in [0.1, 0.15) is 22.3 Å². The molecule has 0 bridgehead atoms. The lowest BCUT2D eigenvalue weighted by Gasteiger charge is -2.25. The Bertz CT molecular complexity index is 450. The van der Waals surface area contributed by atoms with E-state index in [-0.39, 0.29) is 5.91 Å². The summed E-state index contributed by atoms with van der Waals surface area (Å²) in [4.78, 5) is 11.3. The maximum Gasteiger partial charge on any atom is 0.243 e. The van der Waals surface area contributed by atoms with Crippen LogP contribution in [-0.4, -0.2) is 12.5 Å². The molecular weight excluding hydrogens is 188 g/mol. The Morgan fingerprint density at radius 1 is 0.867 bits per heavy atom. The summed E-state index contributed by atoms with van der Waals surface area (Å²) < 4.78 is 0. The van der Waals surface area contributed by atoms with Crippen LogP contribution >= 0.6 is 0 Å². The van der Waals surface area contributed by atoms with E-state index in [0.717, 1.165) is 16.9 Å². The number of hydrogen-bond donors (Lipinski definition) is 2. The SMILES string of the molecule is Cc1c(C)c(C)c2c(c1C)NCC(=O)N2. The fourth-order valence-corrected chi connectivity index (χ4v) is 2.04. The van der Waals surface area contributed by atoms with Gasteiger partial charge in [0, 0.05) is 0 Å². The van der Waals surface area contributed by atoms with Crippen molar-refractivity contribution in [3.63, 3.8) is 0 Å². The summed E-state index contributed by atoms with van der Waals surface area (Å²) in [7, 11) is 0. The van der Waals surface area contributed by atoms with Gasteiger partial charge in [0.2, 0.25) is 5.91 Å². The zero-order chi connectivity index (χ0) is 11.2. The second-order valence-electron chi connectivity index (χ2n) is 4.15. The van der Waals surface area contributed by atoms with E-state index in [4.69, 9.17) is 0 Å². The quantitative estimate of drug-likeness (QED) is 0.680. The highest BCUT2D eigenvalue weighted by atomic mass is 16.2. The van der Waals surface area contributed by atoms with Crippen molar-refractivity contribution in [1.29, 1.82) is 0 Å². The number of amides is 1. The van der Waals surface area contributed by atoms with E-state index in [9.17, 15) is 4.79 Å². The molecule has 1 aromatic rings. The third kappa shape index (κ3) is 1.39. The Morgan fingerprint density at radius 2 is 1.40 bits per heavy atom. The molecule has 2 rings (SSSR count). The van der Waals surface area contributed by atoms with E-state index >= 15 is 0 Å². The smallest absolute Gasteiger partial charge is 0.243 e. The molecule has 1 aliphatic rings. The lowest BCUT2D eigenvalue weighted by atomic mass is 9.94. The van der Waals surface area contributed by atoms with E-state index in [1.54, 1.807) is 0 Å². The van der Waals surface area contributed by atoms with Crippen molar-refractivity contribution in [2.75, 3.05) is 17.2 Å². The maximum atomic E-state index is 11.3. The Kier molecular flexibility index (Phi) is 2.18. The van der Waals surface area contributed by atoms with E-state index in [2.05, 4.69) is 31.4 Å². The van der Waals surface area contributed by atoms with Gasteiger partial charge >= 0.3 is 0 Å². The fourth-order valence-electron chi connectivity index (χ4n) is 2.04. The van der Waals surface area contributed by atoms with Gasteiger partial charge in [0.05, 0.1) is 17.9 Å². The van der Waals surface area contributed by atoms with Crippen LogP contribution in [0.5, 0.6) is 0 Å². The number of benzene rings is 1. The molecule has 1 aliphatic heterocycles. The van der Waals surface area contributed by atoms with Gasteiger partial charge in [-0.2, -0.15) is 0 Å². The number of anilines is 2. The first-order valence-electron chi connectivity index (χ1n) is 5.16. The van der Waals surface area contributed by atoms with Crippen LogP contribution in [0.4, 0.5) is 11.4 Å². The molecule has 80 valence electrons. The van der Waals surface area contributed by atoms with Gasteiger partial charge in [0.1, 0.15) is 0 Å². The first kappa shape index (κ1) is 10.0. The summed E-state index contributed by atoms with van der Waals surface area (Å²) in [5.41, 5.74) is 6.98. The number of rotatable bonds is 0. The van der Waals surface area contributed by atoms with E-state index in [0.29, 0.717) is 6.54 Å². The summed E-state index contributed by atoms with van der Waals surface area (Å²) in [5, 5.41) is 6.11. The van der Waals surface area contributed by atoms with Gasteiger partial charge in [-0.3, -0.25) is 4.79 Å². The molecule has 0 aromatic heterocycles. The number of hydrogen-bond acceptors (Lipinski definition) is 2. The Morgan fingerprint density at radius 3 is 2.00 bits per heavy atom. The molecule has 0 radical (unpaired) electrons. The third-order valence-corrected chi connectivity index (χ3v) is 3.38. The van der Waals surface area contributed by atoms with Gasteiger partial charge in [0.15, 0.2) is 0 Å². The molecule has 0 saturated carbocycles. The summed E-state index contributed by atoms with van der Waals surface area (Å²) in [6.45, 7) is 8.73. The lowest BCUT2D eigenvalue weighted by molar-refractivity contribution is -0.114. The van der Waals surface area contributed by atoms with Crippen molar-refractivity contribution >= 4 is 17.3 Å². The highest BCUT2D eigenvalue weighted by Gasteiger charge is 2.20. The van der Waals surface area contributed by atoms with E-state index < -0.39 is 0 Å². The van der Waals surface area contributed by atoms with Crippen molar-refractivity contribution in [2.45, 2.75) is 27.7 Å². The van der Waals surface area contributed by atoms with Crippen LogP contribution in [0.2, 0.25) is 0 Å². The van der Waals surface area contributed by atoms with Crippen LogP contribution in [0.15, 0.2) is 0 Å². The molecule has 0 unspecified atom stereocenters. The predicted molar refractivity (Wildman–Crippen MR) is 62.5 cm³/mol. The van der Waals surface area contributed by atoms with Crippen LogP contribution < -0.4 is 10.6 Å². The number of carbonyl (C=O) groups excluding carboxylic acids is 1. The summed E-state index contributed by atoms with van der Waals surface area (Å²) >= 11 is 0. The highest BCUT2D eigenvalue weighted by Crippen LogP contribution is 2.36. The Labute approximate surface area is 89.9 Å². The largest absolute Gasteiger partial charge is 0.374 e. The summed E-state index contributed by atoms with van der Waals surface area (Å²) in [6, 6.07) is 0. The van der Waals surface area contributed by atoms with Crippen molar-refractivity contribution in [3.05, 3.63) is 22.3 Å². The molecule has 15 heavy (non-hydrogen) atoms. The van der Waals surface area contributed by atoms with Crippen molar-refractivity contribution < 1.29 is 4.79 Å². The lowest BCUT2D eigenvalue weighted by Crippen LogP contribution is -2.29. The fraction of sp³-hybridized carbons (Fsp3) is 0.417. The van der Waals surface area contributed by atoms with Crippen molar-refractivity contribution in [2.24, 2.45) is 0 Å². The monoisotopic (exact) mass is 204 g/mol. The topological polar surface area (TPSA) is 41.1 Å². The van der Waals surface area contributed by atoms with Gasteiger partial charge in [-0.1, -0.05) is 0 Å². The summed E-state index contributed by atoms with van der Waals surface area (Å²) in [5.74, 6) is 0.0354. The predicted octanol–water partition coefficient (Wildman–Crippen LogP) is 2.28. The first-order valence-corrected chi connectivity index (χ1v) is 5.16. The molecule has 3 heteroatoms. The summed E-state index contributed by atoms with van der Waals surface area (Å²) in [6.07, 6.45) is 0.